The van der Waals surface area contributed by atoms with Crippen molar-refractivity contribution in [2.45, 2.75) is 19.4 Å². The lowest BCUT2D eigenvalue weighted by Crippen LogP contribution is -2.39. The molecule has 0 atom stereocenters. The van der Waals surface area contributed by atoms with Gasteiger partial charge in [-0.3, -0.25) is 9.48 Å². The van der Waals surface area contributed by atoms with E-state index < -0.39 is 5.54 Å². The van der Waals surface area contributed by atoms with Crippen molar-refractivity contribution in [1.29, 1.82) is 0 Å². The molecule has 24 heavy (non-hydrogen) atoms. The molecule has 0 fully saturated rings. The Morgan fingerprint density at radius 3 is 2.67 bits per heavy atom. The van der Waals surface area contributed by atoms with Crippen molar-refractivity contribution < 1.29 is 4.79 Å². The number of aromatic nitrogens is 3. The first kappa shape index (κ1) is 16.1. The average molecular weight is 322 g/mol. The molecular formula is C19H22N4O. The van der Waals surface area contributed by atoms with E-state index in [-0.39, 0.29) is 5.91 Å². The number of para-hydroxylation sites is 1. The Labute approximate surface area is 141 Å². The van der Waals surface area contributed by atoms with E-state index in [1.54, 1.807) is 17.0 Å². The topological polar surface area (TPSA) is 51.9 Å². The van der Waals surface area contributed by atoms with E-state index in [0.717, 1.165) is 22.0 Å². The van der Waals surface area contributed by atoms with Gasteiger partial charge in [-0.2, -0.15) is 5.10 Å². The summed E-state index contributed by atoms with van der Waals surface area (Å²) in [7, 11) is 3.87. The lowest BCUT2D eigenvalue weighted by molar-refractivity contribution is -0.118. The number of hydrogen-bond acceptors (Lipinski definition) is 2. The number of benzene rings is 1. The van der Waals surface area contributed by atoms with Gasteiger partial charge in [0.25, 0.3) is 0 Å². The van der Waals surface area contributed by atoms with Gasteiger partial charge in [0.05, 0.1) is 11.7 Å². The van der Waals surface area contributed by atoms with Crippen molar-refractivity contribution >= 4 is 22.9 Å². The molecule has 0 spiro atoms. The van der Waals surface area contributed by atoms with Gasteiger partial charge < -0.3 is 9.88 Å². The van der Waals surface area contributed by atoms with Crippen LogP contribution >= 0.6 is 0 Å². The van der Waals surface area contributed by atoms with E-state index in [1.807, 2.05) is 58.5 Å². The zero-order valence-corrected chi connectivity index (χ0v) is 14.4. The summed E-state index contributed by atoms with van der Waals surface area (Å²) in [5.41, 5.74) is 2.67. The molecule has 2 heterocycles. The molecule has 0 unspecified atom stereocenters. The molecule has 1 aromatic carbocycles. The second kappa shape index (κ2) is 6.00. The van der Waals surface area contributed by atoms with Crippen LogP contribution in [0.15, 0.2) is 48.9 Å². The minimum atomic E-state index is -0.478. The Kier molecular flexibility index (Phi) is 4.01. The summed E-state index contributed by atoms with van der Waals surface area (Å²) in [5, 5.41) is 8.33. The molecule has 0 radical (unpaired) electrons. The number of aryl methyl sites for hydroxylation is 2. The number of hydrogen-bond donors (Lipinski definition) is 1. The highest BCUT2D eigenvalue weighted by Crippen LogP contribution is 2.22. The van der Waals surface area contributed by atoms with E-state index >= 15 is 0 Å². The number of nitrogens with one attached hydrogen (secondary N) is 1. The van der Waals surface area contributed by atoms with Crippen LogP contribution in [0.25, 0.3) is 17.0 Å². The number of amides is 1. The van der Waals surface area contributed by atoms with Gasteiger partial charge in [0, 0.05) is 54.6 Å². The van der Waals surface area contributed by atoms with Crippen molar-refractivity contribution in [3.8, 4) is 0 Å². The molecule has 5 heteroatoms. The lowest BCUT2D eigenvalue weighted by Gasteiger charge is -2.24. The molecule has 124 valence electrons. The third-order valence-corrected chi connectivity index (χ3v) is 4.20. The van der Waals surface area contributed by atoms with Gasteiger partial charge >= 0.3 is 0 Å². The quantitative estimate of drug-likeness (QED) is 0.751. The zero-order chi connectivity index (χ0) is 17.3. The second-order valence-electron chi connectivity index (χ2n) is 6.56. The Balaban J connectivity index is 1.77. The summed E-state index contributed by atoms with van der Waals surface area (Å²) in [4.78, 5) is 12.3. The van der Waals surface area contributed by atoms with Gasteiger partial charge in [-0.15, -0.1) is 0 Å². The summed E-state index contributed by atoms with van der Waals surface area (Å²) in [6, 6.07) is 8.15. The first-order chi connectivity index (χ1) is 11.4. The van der Waals surface area contributed by atoms with Crippen molar-refractivity contribution in [2.75, 3.05) is 0 Å². The molecular weight excluding hydrogens is 300 g/mol. The first-order valence-electron chi connectivity index (χ1n) is 7.90. The predicted octanol–water partition coefficient (Wildman–Crippen LogP) is 2.98. The largest absolute Gasteiger partial charge is 0.350 e. The summed E-state index contributed by atoms with van der Waals surface area (Å²) >= 11 is 0. The Bertz CT molecular complexity index is 914. The number of rotatable bonds is 4. The van der Waals surface area contributed by atoms with Gasteiger partial charge in [-0.05, 0) is 26.0 Å². The monoisotopic (exact) mass is 322 g/mol. The third kappa shape index (κ3) is 3.11. The molecule has 1 N–H and O–H groups in total. The molecule has 0 saturated heterocycles. The fourth-order valence-corrected chi connectivity index (χ4v) is 2.84. The predicted molar refractivity (Wildman–Crippen MR) is 96.3 cm³/mol. The Morgan fingerprint density at radius 2 is 1.96 bits per heavy atom. The van der Waals surface area contributed by atoms with Crippen LogP contribution in [0.2, 0.25) is 0 Å². The third-order valence-electron chi connectivity index (χ3n) is 4.20. The van der Waals surface area contributed by atoms with Crippen LogP contribution in [0.5, 0.6) is 0 Å². The van der Waals surface area contributed by atoms with Crippen molar-refractivity contribution in [1.82, 2.24) is 19.7 Å². The highest BCUT2D eigenvalue weighted by atomic mass is 16.1. The molecule has 3 aromatic rings. The summed E-state index contributed by atoms with van der Waals surface area (Å²) in [6.45, 7) is 3.93. The summed E-state index contributed by atoms with van der Waals surface area (Å²) in [6.07, 6.45) is 9.15. The lowest BCUT2D eigenvalue weighted by atomic mass is 9.98. The van der Waals surface area contributed by atoms with Crippen LogP contribution in [0.4, 0.5) is 0 Å². The molecule has 5 nitrogen and oxygen atoms in total. The number of fused-ring (bicyclic) bond motifs is 1. The molecule has 0 bridgehead atoms. The zero-order valence-electron chi connectivity index (χ0n) is 14.4. The van der Waals surface area contributed by atoms with Gasteiger partial charge in [0.2, 0.25) is 5.91 Å². The number of carbonyl (C=O) groups excluding carboxylic acids is 1. The van der Waals surface area contributed by atoms with E-state index in [9.17, 15) is 4.79 Å². The fourth-order valence-electron chi connectivity index (χ4n) is 2.84. The van der Waals surface area contributed by atoms with Gasteiger partial charge in [-0.1, -0.05) is 18.2 Å². The average Bonchev–Trinajstić information content (AvgIpc) is 3.10. The van der Waals surface area contributed by atoms with Gasteiger partial charge in [0.15, 0.2) is 0 Å². The highest BCUT2D eigenvalue weighted by molar-refractivity contribution is 5.96. The second-order valence-corrected chi connectivity index (χ2v) is 6.56. The van der Waals surface area contributed by atoms with Crippen LogP contribution in [0.3, 0.4) is 0 Å². The van der Waals surface area contributed by atoms with Crippen LogP contribution in [-0.4, -0.2) is 20.3 Å². The maximum absolute atomic E-state index is 12.3. The van der Waals surface area contributed by atoms with E-state index in [2.05, 4.69) is 27.1 Å². The smallest absolute Gasteiger partial charge is 0.244 e. The molecule has 1 amide bonds. The Hall–Kier alpha value is -2.82. The number of carbonyl (C=O) groups is 1. The molecule has 0 aliphatic rings. The van der Waals surface area contributed by atoms with Crippen molar-refractivity contribution in [2.24, 2.45) is 14.1 Å². The minimum Gasteiger partial charge on any atom is -0.350 e. The summed E-state index contributed by atoms with van der Waals surface area (Å²) < 4.78 is 3.79. The highest BCUT2D eigenvalue weighted by Gasteiger charge is 2.23. The first-order valence-corrected chi connectivity index (χ1v) is 7.90. The van der Waals surface area contributed by atoms with Gasteiger partial charge in [0.1, 0.15) is 0 Å². The van der Waals surface area contributed by atoms with Crippen LogP contribution in [0.1, 0.15) is 25.0 Å². The standard InChI is InChI=1S/C19H22N4O/c1-19(2,15-11-20-23(4)13-15)21-18(24)10-9-14-12-22(3)17-8-6-5-7-16(14)17/h5-13H,1-4H3,(H,21,24). The van der Waals surface area contributed by atoms with Crippen LogP contribution in [0, 0.1) is 0 Å². The van der Waals surface area contributed by atoms with Crippen molar-refractivity contribution in [3.63, 3.8) is 0 Å². The summed E-state index contributed by atoms with van der Waals surface area (Å²) in [5.74, 6) is -0.128. The van der Waals surface area contributed by atoms with E-state index in [4.69, 9.17) is 0 Å². The van der Waals surface area contributed by atoms with Crippen LogP contribution < -0.4 is 5.32 Å². The van der Waals surface area contributed by atoms with Gasteiger partial charge in [-0.25, -0.2) is 0 Å². The SMILES string of the molecule is Cn1cc(C(C)(C)NC(=O)C=Cc2cn(C)c3ccccc23)cn1. The van der Waals surface area contributed by atoms with E-state index in [1.165, 1.54) is 0 Å². The van der Waals surface area contributed by atoms with Crippen molar-refractivity contribution in [3.05, 3.63) is 60.1 Å². The number of nitrogens with zero attached hydrogens (tertiary/aromatic N) is 3. The molecule has 0 aliphatic heterocycles. The Morgan fingerprint density at radius 1 is 1.21 bits per heavy atom. The molecule has 0 aliphatic carbocycles. The minimum absolute atomic E-state index is 0.128. The molecule has 2 aromatic heterocycles. The maximum Gasteiger partial charge on any atom is 0.244 e. The van der Waals surface area contributed by atoms with E-state index in [0.29, 0.717) is 0 Å². The van der Waals surface area contributed by atoms with Crippen LogP contribution in [-0.2, 0) is 24.4 Å². The molecule has 0 saturated carbocycles. The normalized spacial score (nSPS) is 12.2. The maximum atomic E-state index is 12.3. The fraction of sp³-hybridized carbons (Fsp3) is 0.263. The molecule has 3 rings (SSSR count).